The van der Waals surface area contributed by atoms with Crippen LogP contribution in [0.5, 0.6) is 0 Å². The number of hydrogen-bond donors (Lipinski definition) is 1. The molecule has 0 saturated carbocycles. The molecule has 1 aliphatic heterocycles. The normalized spacial score (nSPS) is 17.1. The Morgan fingerprint density at radius 1 is 1.25 bits per heavy atom. The molecule has 0 atom stereocenters. The van der Waals surface area contributed by atoms with Crippen molar-refractivity contribution < 1.29 is 17.7 Å². The van der Waals surface area contributed by atoms with E-state index in [9.17, 15) is 13.2 Å². The first-order valence-electron chi connectivity index (χ1n) is 8.13. The number of sulfonamides is 1. The summed E-state index contributed by atoms with van der Waals surface area (Å²) in [5.41, 5.74) is 1.84. The number of rotatable bonds is 7. The van der Waals surface area contributed by atoms with Gasteiger partial charge in [-0.2, -0.15) is 4.31 Å². The van der Waals surface area contributed by atoms with Crippen LogP contribution < -0.4 is 5.32 Å². The Hall–Kier alpha value is -1.45. The van der Waals surface area contributed by atoms with Gasteiger partial charge in [0.15, 0.2) is 0 Å². The molecule has 1 fully saturated rings. The number of nitrogens with zero attached hydrogens (tertiary/aromatic N) is 3. The lowest BCUT2D eigenvalue weighted by Crippen LogP contribution is -2.49. The lowest BCUT2D eigenvalue weighted by Gasteiger charge is -2.33. The van der Waals surface area contributed by atoms with Crippen molar-refractivity contribution in [2.75, 3.05) is 45.5 Å². The summed E-state index contributed by atoms with van der Waals surface area (Å²) < 4.78 is 29.5. The van der Waals surface area contributed by atoms with Crippen LogP contribution in [0.2, 0.25) is 0 Å². The number of aromatic nitrogens is 1. The molecule has 8 nitrogen and oxygen atoms in total. The third kappa shape index (κ3) is 5.29. The van der Waals surface area contributed by atoms with Crippen LogP contribution >= 0.6 is 0 Å². The number of carbonyl (C=O) groups excluding carboxylic acids is 1. The van der Waals surface area contributed by atoms with E-state index in [4.69, 9.17) is 4.52 Å². The number of nitrogens with one attached hydrogen (secondary N) is 1. The van der Waals surface area contributed by atoms with Crippen LogP contribution in [0.4, 0.5) is 0 Å². The molecule has 1 saturated heterocycles. The summed E-state index contributed by atoms with van der Waals surface area (Å²) in [4.78, 5) is 14.1. The van der Waals surface area contributed by atoms with E-state index < -0.39 is 10.0 Å². The fourth-order valence-corrected chi connectivity index (χ4v) is 3.65. The number of carbonyl (C=O) groups is 1. The average Bonchev–Trinajstić information content (AvgIpc) is 2.83. The largest absolute Gasteiger partial charge is 0.361 e. The van der Waals surface area contributed by atoms with Crippen molar-refractivity contribution in [3.8, 4) is 0 Å². The van der Waals surface area contributed by atoms with Gasteiger partial charge in [0.05, 0.1) is 11.9 Å². The van der Waals surface area contributed by atoms with E-state index in [-0.39, 0.29) is 5.91 Å². The third-order valence-electron chi connectivity index (χ3n) is 4.33. The minimum Gasteiger partial charge on any atom is -0.361 e. The van der Waals surface area contributed by atoms with Crippen LogP contribution in [0.1, 0.15) is 23.4 Å². The molecule has 1 aromatic rings. The number of amides is 1. The summed E-state index contributed by atoms with van der Waals surface area (Å²) in [6, 6.07) is 0. The molecule has 0 aliphatic carbocycles. The molecule has 1 N–H and O–H groups in total. The van der Waals surface area contributed by atoms with Gasteiger partial charge in [0, 0.05) is 51.3 Å². The van der Waals surface area contributed by atoms with Gasteiger partial charge in [0.25, 0.3) is 0 Å². The van der Waals surface area contributed by atoms with Gasteiger partial charge in [-0.25, -0.2) is 8.42 Å². The zero-order chi connectivity index (χ0) is 17.7. The average molecular weight is 358 g/mol. The second-order valence-electron chi connectivity index (χ2n) is 6.16. The van der Waals surface area contributed by atoms with Crippen LogP contribution in [0.25, 0.3) is 0 Å². The molecule has 1 aromatic heterocycles. The summed E-state index contributed by atoms with van der Waals surface area (Å²) in [6.45, 7) is 7.44. The monoisotopic (exact) mass is 358 g/mol. The van der Waals surface area contributed by atoms with Crippen LogP contribution in [0, 0.1) is 13.8 Å². The van der Waals surface area contributed by atoms with Gasteiger partial charge < -0.3 is 9.84 Å². The molecule has 1 amide bonds. The molecule has 0 spiro atoms. The highest BCUT2D eigenvalue weighted by atomic mass is 32.2. The van der Waals surface area contributed by atoms with E-state index in [1.807, 2.05) is 13.8 Å². The van der Waals surface area contributed by atoms with Crippen molar-refractivity contribution in [3.63, 3.8) is 0 Å². The molecule has 0 aromatic carbocycles. The molecule has 136 valence electrons. The topological polar surface area (TPSA) is 95.8 Å². The third-order valence-corrected chi connectivity index (χ3v) is 5.64. The lowest BCUT2D eigenvalue weighted by molar-refractivity contribution is -0.121. The van der Waals surface area contributed by atoms with E-state index >= 15 is 0 Å². The number of aryl methyl sites for hydroxylation is 2. The Labute approximate surface area is 143 Å². The van der Waals surface area contributed by atoms with Crippen molar-refractivity contribution in [2.24, 2.45) is 0 Å². The fraction of sp³-hybridized carbons (Fsp3) is 0.733. The van der Waals surface area contributed by atoms with Gasteiger partial charge >= 0.3 is 0 Å². The van der Waals surface area contributed by atoms with Gasteiger partial charge in [-0.15, -0.1) is 0 Å². The molecular weight excluding hydrogens is 332 g/mol. The first-order chi connectivity index (χ1) is 11.3. The summed E-state index contributed by atoms with van der Waals surface area (Å²) in [5, 5.41) is 6.79. The van der Waals surface area contributed by atoms with Gasteiger partial charge in [0.1, 0.15) is 5.76 Å². The lowest BCUT2D eigenvalue weighted by atomic mass is 10.1. The zero-order valence-corrected chi connectivity index (χ0v) is 15.4. The molecule has 0 unspecified atom stereocenters. The highest BCUT2D eigenvalue weighted by Gasteiger charge is 2.22. The Balaban J connectivity index is 1.63. The maximum atomic E-state index is 11.9. The Morgan fingerprint density at radius 2 is 1.92 bits per heavy atom. The Kier molecular flexibility index (Phi) is 6.36. The predicted octanol–water partition coefficient (Wildman–Crippen LogP) is -0.0826. The summed E-state index contributed by atoms with van der Waals surface area (Å²) in [5.74, 6) is 0.772. The minimum atomic E-state index is -3.10. The van der Waals surface area contributed by atoms with Gasteiger partial charge in [-0.3, -0.25) is 9.69 Å². The van der Waals surface area contributed by atoms with Crippen molar-refractivity contribution >= 4 is 15.9 Å². The maximum absolute atomic E-state index is 11.9. The highest BCUT2D eigenvalue weighted by molar-refractivity contribution is 7.88. The van der Waals surface area contributed by atoms with Crippen molar-refractivity contribution in [1.29, 1.82) is 0 Å². The van der Waals surface area contributed by atoms with Gasteiger partial charge in [0.2, 0.25) is 15.9 Å². The number of piperazine rings is 1. The molecule has 1 aliphatic rings. The molecule has 2 rings (SSSR count). The van der Waals surface area contributed by atoms with E-state index in [0.29, 0.717) is 45.6 Å². The van der Waals surface area contributed by atoms with Crippen molar-refractivity contribution in [2.45, 2.75) is 26.7 Å². The predicted molar refractivity (Wildman–Crippen MR) is 90.2 cm³/mol. The van der Waals surface area contributed by atoms with E-state index in [1.165, 1.54) is 10.6 Å². The first-order valence-corrected chi connectivity index (χ1v) is 9.98. The van der Waals surface area contributed by atoms with Crippen LogP contribution in [-0.4, -0.2) is 74.2 Å². The standard InChI is InChI=1S/C15H26N4O4S/c1-12-14(13(2)23-17-12)4-5-15(20)16-6-7-18-8-10-19(11-9-18)24(3,21)22/h4-11H2,1-3H3,(H,16,20). The van der Waals surface area contributed by atoms with Gasteiger partial charge in [-0.05, 0) is 20.3 Å². The van der Waals surface area contributed by atoms with Crippen LogP contribution in [0.15, 0.2) is 4.52 Å². The van der Waals surface area contributed by atoms with Gasteiger partial charge in [-0.1, -0.05) is 5.16 Å². The van der Waals surface area contributed by atoms with Crippen molar-refractivity contribution in [3.05, 3.63) is 17.0 Å². The van der Waals surface area contributed by atoms with E-state index in [0.717, 1.165) is 23.6 Å². The van der Waals surface area contributed by atoms with Crippen molar-refractivity contribution in [1.82, 2.24) is 19.7 Å². The first kappa shape index (κ1) is 18.9. The summed E-state index contributed by atoms with van der Waals surface area (Å²) in [6.07, 6.45) is 2.27. The summed E-state index contributed by atoms with van der Waals surface area (Å²) in [7, 11) is -3.10. The molecule has 2 heterocycles. The van der Waals surface area contributed by atoms with Crippen LogP contribution in [-0.2, 0) is 21.2 Å². The second-order valence-corrected chi connectivity index (χ2v) is 8.14. The highest BCUT2D eigenvalue weighted by Crippen LogP contribution is 2.14. The quantitative estimate of drug-likeness (QED) is 0.732. The Morgan fingerprint density at radius 3 is 2.46 bits per heavy atom. The smallest absolute Gasteiger partial charge is 0.220 e. The minimum absolute atomic E-state index is 0.00442. The Bertz CT molecular complexity index is 644. The molecule has 24 heavy (non-hydrogen) atoms. The van der Waals surface area contributed by atoms with E-state index in [1.54, 1.807) is 0 Å². The molecule has 9 heteroatoms. The zero-order valence-electron chi connectivity index (χ0n) is 14.5. The van der Waals surface area contributed by atoms with E-state index in [2.05, 4.69) is 15.4 Å². The number of hydrogen-bond acceptors (Lipinski definition) is 6. The fourth-order valence-electron chi connectivity index (χ4n) is 2.82. The molecule has 0 bridgehead atoms. The van der Waals surface area contributed by atoms with Crippen LogP contribution in [0.3, 0.4) is 0 Å². The molecule has 0 radical (unpaired) electrons. The molecular formula is C15H26N4O4S. The summed E-state index contributed by atoms with van der Waals surface area (Å²) >= 11 is 0. The SMILES string of the molecule is Cc1noc(C)c1CCC(=O)NCCN1CCN(S(C)(=O)=O)CC1. The second kappa shape index (κ2) is 8.09. The maximum Gasteiger partial charge on any atom is 0.220 e.